The fourth-order valence-electron chi connectivity index (χ4n) is 3.94. The van der Waals surface area contributed by atoms with Crippen LogP contribution >= 0.6 is 0 Å². The Morgan fingerprint density at radius 2 is 1.29 bits per heavy atom. The van der Waals surface area contributed by atoms with E-state index in [0.29, 0.717) is 43.3 Å². The largest absolute Gasteiger partial charge is 0.378 e. The Morgan fingerprint density at radius 1 is 0.786 bits per heavy atom. The van der Waals surface area contributed by atoms with Crippen LogP contribution in [-0.2, 0) is 4.74 Å². The van der Waals surface area contributed by atoms with E-state index in [1.165, 1.54) is 5.56 Å². The predicted molar refractivity (Wildman–Crippen MR) is 105 cm³/mol. The number of nitrogens with zero attached hydrogens (tertiary/aromatic N) is 3. The number of hydrogen-bond donors (Lipinski definition) is 0. The molecule has 6 nitrogen and oxygen atoms in total. The molecular weight excluding hydrogens is 354 g/mol. The molecule has 146 valence electrons. The van der Waals surface area contributed by atoms with Crippen LogP contribution in [0.5, 0.6) is 0 Å². The maximum atomic E-state index is 12.8. The van der Waals surface area contributed by atoms with Gasteiger partial charge in [0.25, 0.3) is 11.8 Å². The highest BCUT2D eigenvalue weighted by Gasteiger charge is 2.25. The fraction of sp³-hybridized carbons (Fsp3) is 0.409. The maximum absolute atomic E-state index is 12.8. The van der Waals surface area contributed by atoms with Gasteiger partial charge in [-0.2, -0.15) is 0 Å². The topological polar surface area (TPSA) is 62.7 Å². The number of aromatic nitrogens is 1. The van der Waals surface area contributed by atoms with E-state index >= 15 is 0 Å². The van der Waals surface area contributed by atoms with Gasteiger partial charge in [0.2, 0.25) is 0 Å². The van der Waals surface area contributed by atoms with Crippen LogP contribution in [0.25, 0.3) is 0 Å². The molecule has 0 unspecified atom stereocenters. The van der Waals surface area contributed by atoms with E-state index in [2.05, 4.69) is 17.1 Å². The smallest absolute Gasteiger partial charge is 0.254 e. The third-order valence-corrected chi connectivity index (χ3v) is 5.64. The van der Waals surface area contributed by atoms with Gasteiger partial charge < -0.3 is 14.5 Å². The number of ether oxygens (including phenoxy) is 1. The van der Waals surface area contributed by atoms with E-state index in [1.807, 2.05) is 17.3 Å². The Morgan fingerprint density at radius 3 is 1.82 bits per heavy atom. The first kappa shape index (κ1) is 18.6. The average molecular weight is 379 g/mol. The molecule has 0 bridgehead atoms. The molecule has 2 aromatic rings. The van der Waals surface area contributed by atoms with Crippen LogP contribution in [-0.4, -0.2) is 66.0 Å². The van der Waals surface area contributed by atoms with Crippen molar-refractivity contribution in [2.45, 2.75) is 18.8 Å². The molecule has 0 spiro atoms. The van der Waals surface area contributed by atoms with Crippen LogP contribution in [0.3, 0.4) is 0 Å². The van der Waals surface area contributed by atoms with Gasteiger partial charge in [-0.1, -0.05) is 0 Å². The van der Waals surface area contributed by atoms with Gasteiger partial charge in [0.15, 0.2) is 0 Å². The number of amides is 2. The van der Waals surface area contributed by atoms with Crippen LogP contribution in [0, 0.1) is 0 Å². The van der Waals surface area contributed by atoms with Crippen LogP contribution < -0.4 is 0 Å². The second-order valence-electron chi connectivity index (χ2n) is 7.33. The van der Waals surface area contributed by atoms with E-state index in [-0.39, 0.29) is 11.8 Å². The summed E-state index contributed by atoms with van der Waals surface area (Å²) >= 11 is 0. The number of morpholine rings is 1. The van der Waals surface area contributed by atoms with E-state index in [0.717, 1.165) is 25.9 Å². The zero-order valence-corrected chi connectivity index (χ0v) is 15.9. The lowest BCUT2D eigenvalue weighted by Gasteiger charge is -2.32. The van der Waals surface area contributed by atoms with E-state index in [1.54, 1.807) is 29.2 Å². The number of likely N-dealkylation sites (tertiary alicyclic amines) is 1. The van der Waals surface area contributed by atoms with Gasteiger partial charge in [0.05, 0.1) is 13.2 Å². The summed E-state index contributed by atoms with van der Waals surface area (Å²) in [6, 6.07) is 11.2. The second-order valence-corrected chi connectivity index (χ2v) is 7.33. The number of rotatable bonds is 3. The minimum Gasteiger partial charge on any atom is -0.378 e. The summed E-state index contributed by atoms with van der Waals surface area (Å²) in [4.78, 5) is 33.1. The summed E-state index contributed by atoms with van der Waals surface area (Å²) in [7, 11) is 0. The van der Waals surface area contributed by atoms with Gasteiger partial charge in [0, 0.05) is 49.7 Å². The minimum atomic E-state index is 0.000430. The Bertz CT molecular complexity index is 809. The summed E-state index contributed by atoms with van der Waals surface area (Å²) in [6.07, 6.45) is 5.58. The van der Waals surface area contributed by atoms with Crippen LogP contribution in [0.1, 0.15) is 45.0 Å². The molecule has 0 atom stereocenters. The van der Waals surface area contributed by atoms with Crippen molar-refractivity contribution in [2.24, 2.45) is 0 Å². The van der Waals surface area contributed by atoms with Gasteiger partial charge >= 0.3 is 0 Å². The van der Waals surface area contributed by atoms with Crippen molar-refractivity contribution in [1.29, 1.82) is 0 Å². The number of benzene rings is 1. The first-order valence-electron chi connectivity index (χ1n) is 9.88. The molecule has 2 fully saturated rings. The highest BCUT2D eigenvalue weighted by molar-refractivity contribution is 5.98. The molecule has 2 amide bonds. The highest BCUT2D eigenvalue weighted by Crippen LogP contribution is 2.28. The maximum Gasteiger partial charge on any atom is 0.254 e. The Hall–Kier alpha value is -2.73. The molecule has 3 heterocycles. The standard InChI is InChI=1S/C22H25N3O3/c26-21(24-11-7-18(8-12-24)17-5-9-23-10-6-17)19-1-3-20(4-2-19)22(27)25-13-15-28-16-14-25/h1-6,9-10,18H,7-8,11-16H2. The van der Waals surface area contributed by atoms with Gasteiger partial charge in [-0.25, -0.2) is 0 Å². The molecule has 4 rings (SSSR count). The molecule has 0 saturated carbocycles. The molecule has 6 heteroatoms. The van der Waals surface area contributed by atoms with Gasteiger partial charge in [-0.3, -0.25) is 14.6 Å². The number of pyridine rings is 1. The van der Waals surface area contributed by atoms with Crippen molar-refractivity contribution in [2.75, 3.05) is 39.4 Å². The monoisotopic (exact) mass is 379 g/mol. The number of carbonyl (C=O) groups is 2. The number of hydrogen-bond acceptors (Lipinski definition) is 4. The van der Waals surface area contributed by atoms with Crippen molar-refractivity contribution in [3.63, 3.8) is 0 Å². The molecule has 0 aliphatic carbocycles. The molecule has 1 aromatic heterocycles. The second kappa shape index (κ2) is 8.52. The average Bonchev–Trinajstić information content (AvgIpc) is 2.79. The number of piperidine rings is 1. The molecule has 0 N–H and O–H groups in total. The first-order valence-corrected chi connectivity index (χ1v) is 9.88. The zero-order valence-electron chi connectivity index (χ0n) is 15.9. The molecule has 28 heavy (non-hydrogen) atoms. The lowest BCUT2D eigenvalue weighted by Crippen LogP contribution is -2.40. The molecular formula is C22H25N3O3. The highest BCUT2D eigenvalue weighted by atomic mass is 16.5. The summed E-state index contributed by atoms with van der Waals surface area (Å²) < 4.78 is 5.29. The molecule has 2 saturated heterocycles. The molecule has 2 aliphatic rings. The summed E-state index contributed by atoms with van der Waals surface area (Å²) in [5.41, 5.74) is 2.56. The van der Waals surface area contributed by atoms with E-state index < -0.39 is 0 Å². The Balaban J connectivity index is 1.35. The van der Waals surface area contributed by atoms with Gasteiger partial charge in [-0.05, 0) is 60.7 Å². The number of carbonyl (C=O) groups excluding carboxylic acids is 2. The molecule has 2 aliphatic heterocycles. The lowest BCUT2D eigenvalue weighted by atomic mass is 9.90. The lowest BCUT2D eigenvalue weighted by molar-refractivity contribution is 0.0303. The van der Waals surface area contributed by atoms with Crippen LogP contribution in [0.15, 0.2) is 48.8 Å². The normalized spacial score (nSPS) is 18.1. The SMILES string of the molecule is O=C(c1ccc(C(=O)N2CCC(c3ccncc3)CC2)cc1)N1CCOCC1. The van der Waals surface area contributed by atoms with Crippen molar-refractivity contribution in [1.82, 2.24) is 14.8 Å². The third-order valence-electron chi connectivity index (χ3n) is 5.64. The van der Waals surface area contributed by atoms with Crippen LogP contribution in [0.4, 0.5) is 0 Å². The summed E-state index contributed by atoms with van der Waals surface area (Å²) in [5.74, 6) is 0.527. The van der Waals surface area contributed by atoms with Crippen molar-refractivity contribution in [3.05, 3.63) is 65.5 Å². The molecule has 1 aromatic carbocycles. The van der Waals surface area contributed by atoms with Gasteiger partial charge in [0.1, 0.15) is 0 Å². The third kappa shape index (κ3) is 4.07. The van der Waals surface area contributed by atoms with Crippen molar-refractivity contribution < 1.29 is 14.3 Å². The predicted octanol–water partition coefficient (Wildman–Crippen LogP) is 2.57. The Labute approximate surface area is 165 Å². The first-order chi connectivity index (χ1) is 13.7. The summed E-state index contributed by atoms with van der Waals surface area (Å²) in [6.45, 7) is 3.90. The van der Waals surface area contributed by atoms with E-state index in [9.17, 15) is 9.59 Å². The van der Waals surface area contributed by atoms with Crippen LogP contribution in [0.2, 0.25) is 0 Å². The van der Waals surface area contributed by atoms with Gasteiger partial charge in [-0.15, -0.1) is 0 Å². The fourth-order valence-corrected chi connectivity index (χ4v) is 3.94. The van der Waals surface area contributed by atoms with E-state index in [4.69, 9.17) is 4.74 Å². The van der Waals surface area contributed by atoms with Crippen molar-refractivity contribution >= 4 is 11.8 Å². The quantitative estimate of drug-likeness (QED) is 0.822. The van der Waals surface area contributed by atoms with Crippen molar-refractivity contribution in [3.8, 4) is 0 Å². The Kier molecular flexibility index (Phi) is 5.67. The zero-order chi connectivity index (χ0) is 19.3. The summed E-state index contributed by atoms with van der Waals surface area (Å²) in [5, 5.41) is 0. The molecule has 0 radical (unpaired) electrons. The minimum absolute atomic E-state index is 0.000430.